The highest BCUT2D eigenvalue weighted by Crippen LogP contribution is 2.01. The van der Waals surface area contributed by atoms with Gasteiger partial charge in [0.2, 0.25) is 17.7 Å². The molecule has 0 bridgehead atoms. The Balaban J connectivity index is 3.91. The first-order valence-electron chi connectivity index (χ1n) is 8.89. The van der Waals surface area contributed by atoms with Gasteiger partial charge in [0.15, 0.2) is 0 Å². The van der Waals surface area contributed by atoms with Gasteiger partial charge in [0.05, 0.1) is 26.4 Å². The van der Waals surface area contributed by atoms with Crippen molar-refractivity contribution in [2.75, 3.05) is 39.5 Å². The first-order chi connectivity index (χ1) is 13.3. The predicted octanol–water partition coefficient (Wildman–Crippen LogP) is -1.26. The van der Waals surface area contributed by atoms with Crippen LogP contribution in [0.5, 0.6) is 0 Å². The number of hydrogen-bond donors (Lipinski definition) is 3. The van der Waals surface area contributed by atoms with Gasteiger partial charge >= 0.3 is 0 Å². The number of amides is 3. The molecule has 0 aromatic rings. The number of hydrogen-bond acceptors (Lipinski definition) is 7. The lowest BCUT2D eigenvalue weighted by atomic mass is 10.0. The van der Waals surface area contributed by atoms with Crippen molar-refractivity contribution < 1.29 is 33.4 Å². The highest BCUT2D eigenvalue weighted by molar-refractivity contribution is 5.91. The Hall–Kier alpha value is -2.59. The molecule has 3 N–H and O–H groups in total. The van der Waals surface area contributed by atoms with Gasteiger partial charge in [0.25, 0.3) is 0 Å². The van der Waals surface area contributed by atoms with Crippen molar-refractivity contribution in [2.45, 2.75) is 26.8 Å². The van der Waals surface area contributed by atoms with Gasteiger partial charge in [-0.1, -0.05) is 13.8 Å². The summed E-state index contributed by atoms with van der Waals surface area (Å²) in [5.74, 6) is -1.60. The molecule has 158 valence electrons. The van der Waals surface area contributed by atoms with E-state index in [0.717, 1.165) is 12.2 Å². The summed E-state index contributed by atoms with van der Waals surface area (Å²) in [6.07, 6.45) is 2.71. The number of carbonyl (C=O) groups is 5. The maximum Gasteiger partial charge on any atom is 0.246 e. The number of aldehydes is 1. The quantitative estimate of drug-likeness (QED) is 0.177. The lowest BCUT2D eigenvalue weighted by Gasteiger charge is -2.21. The molecule has 1 atom stereocenters. The van der Waals surface area contributed by atoms with Crippen LogP contribution in [0.15, 0.2) is 12.2 Å². The molecule has 0 rings (SSSR count). The summed E-state index contributed by atoms with van der Waals surface area (Å²) >= 11 is 0. The minimum Gasteiger partial charge on any atom is -0.377 e. The summed E-state index contributed by atoms with van der Waals surface area (Å²) in [7, 11) is 0. The van der Waals surface area contributed by atoms with Crippen LogP contribution in [0.2, 0.25) is 0 Å². The van der Waals surface area contributed by atoms with Crippen LogP contribution in [0.25, 0.3) is 0 Å². The molecule has 0 saturated carbocycles. The third-order valence-electron chi connectivity index (χ3n) is 3.25. The maximum absolute atomic E-state index is 12.0. The Bertz CT molecular complexity index is 561. The third-order valence-corrected chi connectivity index (χ3v) is 3.25. The van der Waals surface area contributed by atoms with E-state index in [1.165, 1.54) is 6.92 Å². The standard InChI is InChI=1S/C18H29N3O7/c1-13(2)17(18(26)20-11-14(3)23)21-16(25)12-28-10-9-27-8-6-19-15(24)5-4-7-22/h4-5,7,13,17H,6,8-12H2,1-3H3,(H,19,24)(H,20,26)(H,21,25)/b5-4-. The maximum atomic E-state index is 12.0. The summed E-state index contributed by atoms with van der Waals surface area (Å²) in [5.41, 5.74) is 0. The van der Waals surface area contributed by atoms with Crippen molar-refractivity contribution in [3.8, 4) is 0 Å². The normalized spacial score (nSPS) is 11.9. The zero-order chi connectivity index (χ0) is 21.4. The van der Waals surface area contributed by atoms with Crippen LogP contribution in [-0.4, -0.2) is 75.3 Å². The van der Waals surface area contributed by atoms with Gasteiger partial charge in [-0.15, -0.1) is 0 Å². The molecule has 10 heteroatoms. The Kier molecular flexibility index (Phi) is 14.0. The summed E-state index contributed by atoms with van der Waals surface area (Å²) in [6.45, 7) is 5.50. The van der Waals surface area contributed by atoms with Gasteiger partial charge < -0.3 is 25.4 Å². The Morgan fingerprint density at radius 1 is 1.00 bits per heavy atom. The fourth-order valence-corrected chi connectivity index (χ4v) is 1.89. The van der Waals surface area contributed by atoms with Gasteiger partial charge in [-0.25, -0.2) is 0 Å². The van der Waals surface area contributed by atoms with Crippen molar-refractivity contribution >= 4 is 29.8 Å². The summed E-state index contributed by atoms with van der Waals surface area (Å²) in [6, 6.07) is -0.761. The molecule has 0 heterocycles. The molecule has 0 fully saturated rings. The number of nitrogens with one attached hydrogen (secondary N) is 3. The zero-order valence-electron chi connectivity index (χ0n) is 16.5. The molecule has 10 nitrogen and oxygen atoms in total. The molecule has 0 aliphatic carbocycles. The van der Waals surface area contributed by atoms with Crippen molar-refractivity contribution in [3.63, 3.8) is 0 Å². The molecule has 0 aromatic carbocycles. The molecule has 0 radical (unpaired) electrons. The second kappa shape index (κ2) is 15.5. The van der Waals surface area contributed by atoms with Crippen LogP contribution in [0, 0.1) is 5.92 Å². The molecule has 0 aliphatic rings. The smallest absolute Gasteiger partial charge is 0.246 e. The summed E-state index contributed by atoms with van der Waals surface area (Å²) < 4.78 is 10.4. The van der Waals surface area contributed by atoms with E-state index in [2.05, 4.69) is 16.0 Å². The average Bonchev–Trinajstić information content (AvgIpc) is 2.64. The average molecular weight is 399 g/mol. The molecule has 3 amide bonds. The minimum atomic E-state index is -0.761. The van der Waals surface area contributed by atoms with Gasteiger partial charge in [-0.05, 0) is 18.9 Å². The first kappa shape index (κ1) is 25.4. The number of rotatable bonds is 15. The number of carbonyl (C=O) groups excluding carboxylic acids is 5. The second-order valence-electron chi connectivity index (χ2n) is 6.16. The molecule has 0 saturated heterocycles. The fourth-order valence-electron chi connectivity index (χ4n) is 1.89. The molecule has 28 heavy (non-hydrogen) atoms. The van der Waals surface area contributed by atoms with E-state index in [4.69, 9.17) is 9.47 Å². The fraction of sp³-hybridized carbons (Fsp3) is 0.611. The van der Waals surface area contributed by atoms with Crippen LogP contribution in [0.1, 0.15) is 20.8 Å². The Morgan fingerprint density at radius 3 is 2.29 bits per heavy atom. The van der Waals surface area contributed by atoms with Gasteiger partial charge in [-0.2, -0.15) is 0 Å². The predicted molar refractivity (Wildman–Crippen MR) is 100 cm³/mol. The SMILES string of the molecule is CC(=O)CNC(=O)C(NC(=O)COCCOCCNC(=O)/C=C\C=O)C(C)C. The minimum absolute atomic E-state index is 0.0837. The van der Waals surface area contributed by atoms with E-state index in [1.54, 1.807) is 13.8 Å². The number of Topliss-reactive ketones (excluding diaryl/α,β-unsaturated/α-hetero) is 1. The molecular formula is C18H29N3O7. The van der Waals surface area contributed by atoms with Gasteiger partial charge in [-0.3, -0.25) is 24.0 Å². The van der Waals surface area contributed by atoms with Crippen molar-refractivity contribution in [1.29, 1.82) is 0 Å². The lowest BCUT2D eigenvalue weighted by molar-refractivity contribution is -0.133. The van der Waals surface area contributed by atoms with Gasteiger partial charge in [0, 0.05) is 12.6 Å². The topological polar surface area (TPSA) is 140 Å². The van der Waals surface area contributed by atoms with E-state index in [0.29, 0.717) is 6.29 Å². The van der Waals surface area contributed by atoms with E-state index in [9.17, 15) is 24.0 Å². The van der Waals surface area contributed by atoms with Crippen LogP contribution >= 0.6 is 0 Å². The lowest BCUT2D eigenvalue weighted by Crippen LogP contribution is -2.51. The highest BCUT2D eigenvalue weighted by atomic mass is 16.5. The molecule has 0 spiro atoms. The Labute approximate surface area is 164 Å². The summed E-state index contributed by atoms with van der Waals surface area (Å²) in [5, 5.41) is 7.56. The third kappa shape index (κ3) is 13.6. The van der Waals surface area contributed by atoms with Crippen LogP contribution < -0.4 is 16.0 Å². The number of ketones is 1. The number of allylic oxidation sites excluding steroid dienone is 1. The zero-order valence-corrected chi connectivity index (χ0v) is 16.5. The van der Waals surface area contributed by atoms with E-state index < -0.39 is 23.8 Å². The van der Waals surface area contributed by atoms with E-state index in [-0.39, 0.29) is 51.2 Å². The van der Waals surface area contributed by atoms with Crippen LogP contribution in [0.4, 0.5) is 0 Å². The highest BCUT2D eigenvalue weighted by Gasteiger charge is 2.24. The van der Waals surface area contributed by atoms with Crippen molar-refractivity contribution in [1.82, 2.24) is 16.0 Å². The van der Waals surface area contributed by atoms with Crippen molar-refractivity contribution in [3.05, 3.63) is 12.2 Å². The molecular weight excluding hydrogens is 370 g/mol. The van der Waals surface area contributed by atoms with E-state index in [1.807, 2.05) is 0 Å². The van der Waals surface area contributed by atoms with Crippen molar-refractivity contribution in [2.24, 2.45) is 5.92 Å². The summed E-state index contributed by atoms with van der Waals surface area (Å²) in [4.78, 5) is 56.0. The van der Waals surface area contributed by atoms with Gasteiger partial charge in [0.1, 0.15) is 24.7 Å². The number of ether oxygens (including phenoxy) is 2. The monoisotopic (exact) mass is 399 g/mol. The van der Waals surface area contributed by atoms with Crippen LogP contribution in [0.3, 0.4) is 0 Å². The molecule has 1 unspecified atom stereocenters. The van der Waals surface area contributed by atoms with Crippen LogP contribution in [-0.2, 0) is 33.4 Å². The molecule has 0 aliphatic heterocycles. The first-order valence-corrected chi connectivity index (χ1v) is 8.89. The largest absolute Gasteiger partial charge is 0.377 e. The Morgan fingerprint density at radius 2 is 1.68 bits per heavy atom. The second-order valence-corrected chi connectivity index (χ2v) is 6.16. The van der Waals surface area contributed by atoms with E-state index >= 15 is 0 Å². The molecule has 0 aromatic heterocycles.